The summed E-state index contributed by atoms with van der Waals surface area (Å²) in [5.74, 6) is 0.941. The van der Waals surface area contributed by atoms with Gasteiger partial charge < -0.3 is 10.1 Å². The van der Waals surface area contributed by atoms with E-state index in [9.17, 15) is 0 Å². The van der Waals surface area contributed by atoms with E-state index in [1.54, 1.807) is 0 Å². The molecule has 1 aliphatic rings. The number of hydrogen-bond donors (Lipinski definition) is 1. The van der Waals surface area contributed by atoms with Crippen molar-refractivity contribution in [2.45, 2.75) is 52.2 Å². The molecule has 0 aliphatic heterocycles. The smallest absolute Gasteiger partial charge is 0.0949 e. The van der Waals surface area contributed by atoms with Crippen molar-refractivity contribution in [2.24, 2.45) is 5.92 Å². The van der Waals surface area contributed by atoms with Crippen LogP contribution in [0.25, 0.3) is 0 Å². The van der Waals surface area contributed by atoms with Gasteiger partial charge in [-0.3, -0.25) is 0 Å². The maximum Gasteiger partial charge on any atom is 0.0949 e. The number of rotatable bonds is 8. The van der Waals surface area contributed by atoms with E-state index in [0.29, 0.717) is 6.04 Å². The molecule has 1 fully saturated rings. The van der Waals surface area contributed by atoms with Crippen molar-refractivity contribution in [2.75, 3.05) is 13.2 Å². The second kappa shape index (κ2) is 7.06. The molecule has 0 amide bonds. The minimum atomic E-state index is 0.182. The van der Waals surface area contributed by atoms with Crippen LogP contribution in [-0.4, -0.2) is 19.2 Å². The van der Waals surface area contributed by atoms with Crippen LogP contribution in [0.3, 0.4) is 0 Å². The molecular formula is C17H27NO. The predicted molar refractivity (Wildman–Crippen MR) is 80.4 cm³/mol. The second-order valence-electron chi connectivity index (χ2n) is 6.07. The molecule has 0 aromatic heterocycles. The molecule has 2 heteroatoms. The molecular weight excluding hydrogens is 234 g/mol. The molecule has 1 unspecified atom stereocenters. The van der Waals surface area contributed by atoms with Gasteiger partial charge in [0.05, 0.1) is 6.10 Å². The topological polar surface area (TPSA) is 21.3 Å². The Hall–Kier alpha value is -0.860. The van der Waals surface area contributed by atoms with Crippen LogP contribution >= 0.6 is 0 Å². The fourth-order valence-corrected chi connectivity index (χ4v) is 2.18. The quantitative estimate of drug-likeness (QED) is 0.767. The van der Waals surface area contributed by atoms with Gasteiger partial charge in [-0.05, 0) is 24.8 Å². The van der Waals surface area contributed by atoms with Crippen LogP contribution in [0.15, 0.2) is 24.3 Å². The lowest BCUT2D eigenvalue weighted by Crippen LogP contribution is -2.29. The van der Waals surface area contributed by atoms with E-state index in [2.05, 4.69) is 50.4 Å². The minimum absolute atomic E-state index is 0.182. The minimum Gasteiger partial charge on any atom is -0.372 e. The zero-order chi connectivity index (χ0) is 13.7. The van der Waals surface area contributed by atoms with Crippen molar-refractivity contribution >= 4 is 0 Å². The molecule has 1 N–H and O–H groups in total. The third-order valence-corrected chi connectivity index (χ3v) is 3.70. The number of benzene rings is 1. The van der Waals surface area contributed by atoms with Gasteiger partial charge in [-0.1, -0.05) is 56.5 Å². The fraction of sp³-hybridized carbons (Fsp3) is 0.647. The first-order valence-corrected chi connectivity index (χ1v) is 7.56. The summed E-state index contributed by atoms with van der Waals surface area (Å²) in [6, 6.07) is 9.22. The van der Waals surface area contributed by atoms with Gasteiger partial charge >= 0.3 is 0 Å². The summed E-state index contributed by atoms with van der Waals surface area (Å²) >= 11 is 0. The Balaban J connectivity index is 1.88. The third-order valence-electron chi connectivity index (χ3n) is 3.70. The van der Waals surface area contributed by atoms with Crippen LogP contribution in [0.5, 0.6) is 0 Å². The highest BCUT2D eigenvalue weighted by atomic mass is 16.5. The Morgan fingerprint density at radius 1 is 1.21 bits per heavy atom. The van der Waals surface area contributed by atoms with Crippen LogP contribution in [0.2, 0.25) is 0 Å². The molecule has 1 saturated carbocycles. The van der Waals surface area contributed by atoms with Crippen LogP contribution in [-0.2, 0) is 4.74 Å². The lowest BCUT2D eigenvalue weighted by Gasteiger charge is -2.20. The van der Waals surface area contributed by atoms with Crippen LogP contribution < -0.4 is 5.32 Å². The van der Waals surface area contributed by atoms with Crippen molar-refractivity contribution in [1.82, 2.24) is 5.32 Å². The molecule has 106 valence electrons. The molecule has 2 nitrogen and oxygen atoms in total. The van der Waals surface area contributed by atoms with Gasteiger partial charge in [0, 0.05) is 19.2 Å². The highest BCUT2D eigenvalue weighted by molar-refractivity contribution is 5.23. The van der Waals surface area contributed by atoms with E-state index in [0.717, 1.165) is 19.1 Å². The third kappa shape index (κ3) is 5.33. The molecule has 1 atom stereocenters. The first-order valence-electron chi connectivity index (χ1n) is 7.56. The molecule has 0 spiro atoms. The Bertz CT molecular complexity index is 367. The Kier molecular flexibility index (Phi) is 5.41. The van der Waals surface area contributed by atoms with Crippen molar-refractivity contribution in [1.29, 1.82) is 0 Å². The summed E-state index contributed by atoms with van der Waals surface area (Å²) in [6.07, 6.45) is 4.22. The van der Waals surface area contributed by atoms with Gasteiger partial charge in [-0.2, -0.15) is 0 Å². The van der Waals surface area contributed by atoms with Gasteiger partial charge in [0.2, 0.25) is 0 Å². The molecule has 1 aliphatic carbocycles. The molecule has 1 aromatic carbocycles. The average Bonchev–Trinajstić information content (AvgIpc) is 3.18. The van der Waals surface area contributed by atoms with Gasteiger partial charge in [-0.25, -0.2) is 0 Å². The fourth-order valence-electron chi connectivity index (χ4n) is 2.18. The van der Waals surface area contributed by atoms with E-state index in [1.165, 1.54) is 30.4 Å². The maximum atomic E-state index is 6.11. The normalized spacial score (nSPS) is 16.8. The molecule has 2 rings (SSSR count). The number of aryl methyl sites for hydroxylation is 1. The summed E-state index contributed by atoms with van der Waals surface area (Å²) in [7, 11) is 0. The summed E-state index contributed by atoms with van der Waals surface area (Å²) in [6.45, 7) is 8.26. The Labute approximate surface area is 117 Å². The van der Waals surface area contributed by atoms with Crippen LogP contribution in [0, 0.1) is 12.8 Å². The molecule has 0 bridgehead atoms. The Morgan fingerprint density at radius 3 is 2.47 bits per heavy atom. The van der Waals surface area contributed by atoms with Gasteiger partial charge in [0.1, 0.15) is 0 Å². The maximum absolute atomic E-state index is 6.11. The van der Waals surface area contributed by atoms with Crippen molar-refractivity contribution in [3.8, 4) is 0 Å². The standard InChI is InChI=1S/C17H27NO/c1-13(2)18-12-17(19-11-10-15-6-7-15)16-8-4-14(3)5-9-16/h4-5,8-9,13,15,17-18H,6-7,10-12H2,1-3H3. The zero-order valence-corrected chi connectivity index (χ0v) is 12.5. The van der Waals surface area contributed by atoms with E-state index >= 15 is 0 Å². The van der Waals surface area contributed by atoms with Gasteiger partial charge in [0.15, 0.2) is 0 Å². The van der Waals surface area contributed by atoms with E-state index in [1.807, 2.05) is 0 Å². The van der Waals surface area contributed by atoms with Crippen molar-refractivity contribution in [3.05, 3.63) is 35.4 Å². The SMILES string of the molecule is Cc1ccc(C(CNC(C)C)OCCC2CC2)cc1. The highest BCUT2D eigenvalue weighted by Gasteiger charge is 2.21. The van der Waals surface area contributed by atoms with E-state index in [-0.39, 0.29) is 6.10 Å². The van der Waals surface area contributed by atoms with Gasteiger partial charge in [-0.15, -0.1) is 0 Å². The predicted octanol–water partition coefficient (Wildman–Crippen LogP) is 3.85. The van der Waals surface area contributed by atoms with Crippen LogP contribution in [0.4, 0.5) is 0 Å². The van der Waals surface area contributed by atoms with Gasteiger partial charge in [0.25, 0.3) is 0 Å². The Morgan fingerprint density at radius 2 is 1.89 bits per heavy atom. The lowest BCUT2D eigenvalue weighted by molar-refractivity contribution is 0.0473. The summed E-state index contributed by atoms with van der Waals surface area (Å²) in [4.78, 5) is 0. The summed E-state index contributed by atoms with van der Waals surface area (Å²) in [5.41, 5.74) is 2.59. The van der Waals surface area contributed by atoms with E-state index < -0.39 is 0 Å². The largest absolute Gasteiger partial charge is 0.372 e. The molecule has 0 heterocycles. The van der Waals surface area contributed by atoms with Crippen molar-refractivity contribution < 1.29 is 4.74 Å². The number of nitrogens with one attached hydrogen (secondary N) is 1. The zero-order valence-electron chi connectivity index (χ0n) is 12.5. The summed E-state index contributed by atoms with van der Waals surface area (Å²) < 4.78 is 6.11. The number of ether oxygens (including phenoxy) is 1. The van der Waals surface area contributed by atoms with Crippen molar-refractivity contribution in [3.63, 3.8) is 0 Å². The molecule has 0 radical (unpaired) electrons. The lowest BCUT2D eigenvalue weighted by atomic mass is 10.1. The van der Waals surface area contributed by atoms with Crippen LogP contribution in [0.1, 0.15) is 50.3 Å². The second-order valence-corrected chi connectivity index (χ2v) is 6.07. The summed E-state index contributed by atoms with van der Waals surface area (Å²) in [5, 5.41) is 3.49. The average molecular weight is 261 g/mol. The monoisotopic (exact) mass is 261 g/mol. The highest BCUT2D eigenvalue weighted by Crippen LogP contribution is 2.32. The molecule has 0 saturated heterocycles. The molecule has 19 heavy (non-hydrogen) atoms. The first-order chi connectivity index (χ1) is 9.15. The first kappa shape index (κ1) is 14.5. The number of hydrogen-bond acceptors (Lipinski definition) is 2. The molecule has 1 aromatic rings. The van der Waals surface area contributed by atoms with E-state index in [4.69, 9.17) is 4.74 Å².